The first kappa shape index (κ1) is 13.9. The van der Waals surface area contributed by atoms with Gasteiger partial charge in [0.15, 0.2) is 0 Å². The van der Waals surface area contributed by atoms with E-state index in [1.807, 2.05) is 30.3 Å². The molecule has 0 unspecified atom stereocenters. The molecule has 1 aromatic heterocycles. The summed E-state index contributed by atoms with van der Waals surface area (Å²) in [5.74, 6) is 1.12. The van der Waals surface area contributed by atoms with Gasteiger partial charge < -0.3 is 9.73 Å². The molecule has 21 heavy (non-hydrogen) atoms. The number of hydrogen-bond donors (Lipinski definition) is 1. The van der Waals surface area contributed by atoms with Crippen molar-refractivity contribution >= 4 is 0 Å². The molecular formula is C18H20N2O. The molecule has 0 spiro atoms. The normalized spacial score (nSPS) is 23.4. The Labute approximate surface area is 125 Å². The standard InChI is InChI=1S/C18H20N2O/c19-13-14-6-4-9-16(12-14)20-18(17-10-5-11-21-17)15-7-2-1-3-8-15/h1-3,5,7-8,10-11,14,16,18,20H,4,6,9,12H2/t14-,16+,18-/m1/s1. The van der Waals surface area contributed by atoms with Crippen LogP contribution in [-0.2, 0) is 0 Å². The van der Waals surface area contributed by atoms with Gasteiger partial charge in [-0.3, -0.25) is 0 Å². The van der Waals surface area contributed by atoms with Gasteiger partial charge in [-0.1, -0.05) is 36.8 Å². The second kappa shape index (κ2) is 6.60. The summed E-state index contributed by atoms with van der Waals surface area (Å²) in [4.78, 5) is 0. The summed E-state index contributed by atoms with van der Waals surface area (Å²) in [5.41, 5.74) is 1.20. The first-order chi connectivity index (χ1) is 10.4. The van der Waals surface area contributed by atoms with Crippen LogP contribution in [0.15, 0.2) is 53.1 Å². The average Bonchev–Trinajstić information content (AvgIpc) is 3.08. The van der Waals surface area contributed by atoms with E-state index in [2.05, 4.69) is 23.5 Å². The molecule has 1 N–H and O–H groups in total. The molecule has 3 heteroatoms. The van der Waals surface area contributed by atoms with Gasteiger partial charge in [-0.25, -0.2) is 0 Å². The molecule has 3 nitrogen and oxygen atoms in total. The van der Waals surface area contributed by atoms with E-state index in [0.29, 0.717) is 6.04 Å². The van der Waals surface area contributed by atoms with Crippen molar-refractivity contribution in [3.8, 4) is 6.07 Å². The van der Waals surface area contributed by atoms with E-state index in [1.54, 1.807) is 6.26 Å². The van der Waals surface area contributed by atoms with Crippen molar-refractivity contribution in [3.63, 3.8) is 0 Å². The summed E-state index contributed by atoms with van der Waals surface area (Å²) >= 11 is 0. The van der Waals surface area contributed by atoms with Crippen molar-refractivity contribution < 1.29 is 4.42 Å². The van der Waals surface area contributed by atoms with Crippen molar-refractivity contribution in [3.05, 3.63) is 60.1 Å². The van der Waals surface area contributed by atoms with E-state index in [1.165, 1.54) is 5.56 Å². The quantitative estimate of drug-likeness (QED) is 0.919. The Balaban J connectivity index is 1.79. The zero-order chi connectivity index (χ0) is 14.5. The number of furan rings is 1. The summed E-state index contributed by atoms with van der Waals surface area (Å²) in [5, 5.41) is 12.8. The lowest BCUT2D eigenvalue weighted by atomic mass is 9.86. The molecule has 3 atom stereocenters. The summed E-state index contributed by atoms with van der Waals surface area (Å²) in [7, 11) is 0. The molecule has 1 saturated carbocycles. The van der Waals surface area contributed by atoms with Crippen molar-refractivity contribution in [2.45, 2.75) is 37.8 Å². The number of nitrogens with zero attached hydrogens (tertiary/aromatic N) is 1. The molecule has 2 aromatic rings. The summed E-state index contributed by atoms with van der Waals surface area (Å²) < 4.78 is 5.62. The minimum atomic E-state index is 0.0589. The third-order valence-electron chi connectivity index (χ3n) is 4.22. The van der Waals surface area contributed by atoms with Gasteiger partial charge in [-0.05, 0) is 37.0 Å². The van der Waals surface area contributed by atoms with Gasteiger partial charge in [0.25, 0.3) is 0 Å². The van der Waals surface area contributed by atoms with Crippen molar-refractivity contribution in [2.24, 2.45) is 5.92 Å². The van der Waals surface area contributed by atoms with E-state index in [-0.39, 0.29) is 12.0 Å². The van der Waals surface area contributed by atoms with Gasteiger partial charge in [0.2, 0.25) is 0 Å². The Bertz CT molecular complexity index is 585. The van der Waals surface area contributed by atoms with Crippen LogP contribution in [0.3, 0.4) is 0 Å². The minimum absolute atomic E-state index is 0.0589. The molecule has 1 heterocycles. The Morgan fingerprint density at radius 2 is 2.00 bits per heavy atom. The maximum absolute atomic E-state index is 9.15. The monoisotopic (exact) mass is 280 g/mol. The number of nitrogens with one attached hydrogen (secondary N) is 1. The van der Waals surface area contributed by atoms with Crippen LogP contribution in [0.5, 0.6) is 0 Å². The minimum Gasteiger partial charge on any atom is -0.467 e. The second-order valence-corrected chi connectivity index (χ2v) is 5.72. The molecule has 0 aliphatic heterocycles. The molecule has 1 aliphatic rings. The second-order valence-electron chi connectivity index (χ2n) is 5.72. The van der Waals surface area contributed by atoms with Gasteiger partial charge >= 0.3 is 0 Å². The van der Waals surface area contributed by atoms with E-state index in [9.17, 15) is 0 Å². The summed E-state index contributed by atoms with van der Waals surface area (Å²) in [6.07, 6.45) is 5.93. The van der Waals surface area contributed by atoms with Gasteiger partial charge in [0.1, 0.15) is 5.76 Å². The molecule has 0 bridgehead atoms. The molecule has 1 aliphatic carbocycles. The number of rotatable bonds is 4. The first-order valence-electron chi connectivity index (χ1n) is 7.61. The number of nitriles is 1. The van der Waals surface area contributed by atoms with Crippen molar-refractivity contribution in [1.82, 2.24) is 5.32 Å². The van der Waals surface area contributed by atoms with Crippen molar-refractivity contribution in [1.29, 1.82) is 5.26 Å². The molecule has 0 radical (unpaired) electrons. The number of hydrogen-bond acceptors (Lipinski definition) is 3. The maximum atomic E-state index is 9.15. The van der Waals surface area contributed by atoms with E-state index in [0.717, 1.165) is 31.4 Å². The van der Waals surface area contributed by atoms with Gasteiger partial charge in [-0.15, -0.1) is 0 Å². The largest absolute Gasteiger partial charge is 0.467 e. The molecule has 3 rings (SSSR count). The Morgan fingerprint density at radius 3 is 2.71 bits per heavy atom. The fourth-order valence-corrected chi connectivity index (χ4v) is 3.14. The SMILES string of the molecule is N#C[C@@H]1CCC[C@H](N[C@H](c2ccccc2)c2ccco2)C1. The summed E-state index contributed by atoms with van der Waals surface area (Å²) in [6.45, 7) is 0. The lowest BCUT2D eigenvalue weighted by molar-refractivity contribution is 0.300. The Hall–Kier alpha value is -2.05. The van der Waals surface area contributed by atoms with Gasteiger partial charge in [0.05, 0.1) is 18.4 Å². The van der Waals surface area contributed by atoms with Gasteiger partial charge in [-0.2, -0.15) is 5.26 Å². The van der Waals surface area contributed by atoms with Crippen LogP contribution in [0.25, 0.3) is 0 Å². The highest BCUT2D eigenvalue weighted by atomic mass is 16.3. The van der Waals surface area contributed by atoms with Crippen LogP contribution in [-0.4, -0.2) is 6.04 Å². The summed E-state index contributed by atoms with van der Waals surface area (Å²) in [6, 6.07) is 17.1. The van der Waals surface area contributed by atoms with E-state index >= 15 is 0 Å². The van der Waals surface area contributed by atoms with E-state index in [4.69, 9.17) is 9.68 Å². The van der Waals surface area contributed by atoms with Crippen molar-refractivity contribution in [2.75, 3.05) is 0 Å². The van der Waals surface area contributed by atoms with Crippen LogP contribution in [0.1, 0.15) is 43.0 Å². The highest BCUT2D eigenvalue weighted by Gasteiger charge is 2.26. The Morgan fingerprint density at radius 1 is 1.14 bits per heavy atom. The van der Waals surface area contributed by atoms with Crippen LogP contribution in [0, 0.1) is 17.2 Å². The average molecular weight is 280 g/mol. The van der Waals surface area contributed by atoms with Crippen LogP contribution >= 0.6 is 0 Å². The third-order valence-corrected chi connectivity index (χ3v) is 4.22. The fourth-order valence-electron chi connectivity index (χ4n) is 3.14. The lowest BCUT2D eigenvalue weighted by Gasteiger charge is -2.30. The molecule has 0 saturated heterocycles. The van der Waals surface area contributed by atoms with Crippen LogP contribution < -0.4 is 5.32 Å². The molecular weight excluding hydrogens is 260 g/mol. The van der Waals surface area contributed by atoms with E-state index < -0.39 is 0 Å². The van der Waals surface area contributed by atoms with Gasteiger partial charge in [0, 0.05) is 12.0 Å². The van der Waals surface area contributed by atoms with Crippen LogP contribution in [0.2, 0.25) is 0 Å². The lowest BCUT2D eigenvalue weighted by Crippen LogP contribution is -2.37. The predicted molar refractivity (Wildman–Crippen MR) is 81.5 cm³/mol. The third kappa shape index (κ3) is 3.34. The topological polar surface area (TPSA) is 49.0 Å². The number of benzene rings is 1. The zero-order valence-corrected chi connectivity index (χ0v) is 12.0. The molecule has 1 aromatic carbocycles. The Kier molecular flexibility index (Phi) is 4.37. The highest BCUT2D eigenvalue weighted by molar-refractivity contribution is 5.26. The molecule has 0 amide bonds. The highest BCUT2D eigenvalue weighted by Crippen LogP contribution is 2.28. The molecule has 1 fully saturated rings. The smallest absolute Gasteiger partial charge is 0.125 e. The fraction of sp³-hybridized carbons (Fsp3) is 0.389. The zero-order valence-electron chi connectivity index (χ0n) is 12.0. The molecule has 108 valence electrons. The maximum Gasteiger partial charge on any atom is 0.125 e. The van der Waals surface area contributed by atoms with Crippen LogP contribution in [0.4, 0.5) is 0 Å². The first-order valence-corrected chi connectivity index (χ1v) is 7.61. The predicted octanol–water partition coefficient (Wildman–Crippen LogP) is 4.04.